The van der Waals surface area contributed by atoms with Crippen LogP contribution in [0, 0.1) is 0 Å². The lowest BCUT2D eigenvalue weighted by Crippen LogP contribution is -2.33. The van der Waals surface area contributed by atoms with E-state index in [9.17, 15) is 4.79 Å². The maximum absolute atomic E-state index is 9.97. The Balaban J connectivity index is 3.35. The molecule has 1 heterocycles. The zero-order valence-electron chi connectivity index (χ0n) is 3.33. The van der Waals surface area contributed by atoms with Gasteiger partial charge >= 0.3 is 5.56 Å². The van der Waals surface area contributed by atoms with E-state index in [2.05, 4.69) is 10.1 Å². The second-order valence-electron chi connectivity index (χ2n) is 1.05. The van der Waals surface area contributed by atoms with Crippen LogP contribution in [0.15, 0.2) is 16.1 Å². The predicted molar refractivity (Wildman–Crippen MR) is 20.2 cm³/mol. The summed E-state index contributed by atoms with van der Waals surface area (Å²) in [5.74, 6) is 0. The van der Waals surface area contributed by atoms with Crippen molar-refractivity contribution in [2.45, 2.75) is 0 Å². The lowest BCUT2D eigenvalue weighted by Gasteiger charge is -1.77. The quantitative estimate of drug-likeness (QED) is 0.321. The lowest BCUT2D eigenvalue weighted by atomic mass is 10.6. The van der Waals surface area contributed by atoms with Gasteiger partial charge in [0.05, 0.1) is 6.20 Å². The molecule has 0 saturated heterocycles. The third-order valence-corrected chi connectivity index (χ3v) is 0.631. The molecule has 0 atom stereocenters. The maximum atomic E-state index is 9.97. The highest BCUT2D eigenvalue weighted by Crippen LogP contribution is 1.48. The van der Waals surface area contributed by atoms with E-state index in [0.717, 1.165) is 0 Å². The summed E-state index contributed by atoms with van der Waals surface area (Å²) in [7, 11) is 0. The first-order valence-electron chi connectivity index (χ1n) is 1.65. The minimum atomic E-state index is -0.456. The molecule has 1 aromatic heterocycles. The number of hydrogen-bond donors (Lipinski definition) is 1. The topological polar surface area (TPSA) is 62.5 Å². The van der Waals surface area contributed by atoms with Gasteiger partial charge in [-0.2, -0.15) is 0 Å². The molecule has 0 radical (unpaired) electrons. The Morgan fingerprint density at radius 1 is 1.86 bits per heavy atom. The van der Waals surface area contributed by atoms with Crippen LogP contribution in [-0.4, -0.2) is 10.2 Å². The van der Waals surface area contributed by atoms with Crippen molar-refractivity contribution >= 4 is 0 Å². The van der Waals surface area contributed by atoms with E-state index in [-0.39, 0.29) is 5.36 Å². The molecule has 0 aliphatic carbocycles. The van der Waals surface area contributed by atoms with Crippen LogP contribution in [-0.2, 0) is 0 Å². The molecule has 36 valence electrons. The largest absolute Gasteiger partial charge is 0.410 e. The zero-order chi connectivity index (χ0) is 5.28. The molecule has 4 nitrogen and oxygen atoms in total. The van der Waals surface area contributed by atoms with Crippen molar-refractivity contribution in [2.75, 3.05) is 0 Å². The number of aromatic nitrogens is 1. The van der Waals surface area contributed by atoms with Crippen LogP contribution in [0.5, 0.6) is 0 Å². The molecule has 1 rings (SSSR count). The minimum Gasteiger partial charge on any atom is -0.410 e. The zero-order valence-corrected chi connectivity index (χ0v) is 3.33. The third-order valence-electron chi connectivity index (χ3n) is 0.631. The van der Waals surface area contributed by atoms with E-state index in [0.29, 0.717) is 0 Å². The summed E-state index contributed by atoms with van der Waals surface area (Å²) in [5.41, 5.74) is -0.456. The molecule has 4 heteroatoms. The summed E-state index contributed by atoms with van der Waals surface area (Å²) in [6, 6.07) is 0. The van der Waals surface area contributed by atoms with Gasteiger partial charge in [-0.3, -0.25) is 4.79 Å². The molecular formula is C3H2N2O2. The van der Waals surface area contributed by atoms with Crippen molar-refractivity contribution in [1.82, 2.24) is 4.98 Å². The Labute approximate surface area is 38.4 Å². The lowest BCUT2D eigenvalue weighted by molar-refractivity contribution is 0.299. The first-order chi connectivity index (χ1) is 3.34. The van der Waals surface area contributed by atoms with Crippen molar-refractivity contribution in [3.8, 4) is 0 Å². The van der Waals surface area contributed by atoms with E-state index >= 15 is 0 Å². The Morgan fingerprint density at radius 2 is 2.57 bits per heavy atom. The summed E-state index contributed by atoms with van der Waals surface area (Å²) >= 11 is 0. The fourth-order valence-corrected chi connectivity index (χ4v) is 0.244. The van der Waals surface area contributed by atoms with E-state index in [1.54, 1.807) is 0 Å². The second-order valence-corrected chi connectivity index (χ2v) is 1.05. The Hall–Kier alpha value is -1.19. The van der Waals surface area contributed by atoms with Gasteiger partial charge in [0.1, 0.15) is 0 Å². The van der Waals surface area contributed by atoms with E-state index < -0.39 is 5.56 Å². The van der Waals surface area contributed by atoms with Crippen molar-refractivity contribution < 1.29 is 5.21 Å². The smallest absolute Gasteiger partial charge is 0.300 e. The Morgan fingerprint density at radius 3 is 2.57 bits per heavy atom. The monoisotopic (exact) mass is 98.0 g/mol. The van der Waals surface area contributed by atoms with E-state index in [1.807, 2.05) is 0 Å². The molecule has 0 aromatic carbocycles. The van der Waals surface area contributed by atoms with Gasteiger partial charge < -0.3 is 5.21 Å². The summed E-state index contributed by atoms with van der Waals surface area (Å²) < 4.78 is 0. The fraction of sp³-hybridized carbons (Fsp3) is 0. The highest BCUT2D eigenvalue weighted by Gasteiger charge is 1.91. The Kier molecular flexibility index (Phi) is 0.651. The minimum absolute atomic E-state index is 0.0278. The normalized spacial score (nSPS) is 12.9. The molecule has 1 N–H and O–H groups in total. The van der Waals surface area contributed by atoms with Crippen molar-refractivity contribution in [3.05, 3.63) is 21.9 Å². The summed E-state index contributed by atoms with van der Waals surface area (Å²) in [4.78, 5) is 13.1. The maximum Gasteiger partial charge on any atom is 0.300 e. The molecule has 0 saturated carbocycles. The fourth-order valence-electron chi connectivity index (χ4n) is 0.244. The van der Waals surface area contributed by atoms with Crippen LogP contribution < -0.4 is 10.9 Å². The summed E-state index contributed by atoms with van der Waals surface area (Å²) in [6.45, 7) is 0. The summed E-state index contributed by atoms with van der Waals surface area (Å²) in [5, 5.41) is 10.5. The SMILES string of the molecule is O=c1ncc1=NO. The Bertz CT molecular complexity index is 232. The molecule has 1 aromatic rings. The van der Waals surface area contributed by atoms with E-state index in [1.165, 1.54) is 6.20 Å². The van der Waals surface area contributed by atoms with Gasteiger partial charge in [-0.1, -0.05) is 5.16 Å². The molecular weight excluding hydrogens is 96.0 g/mol. The van der Waals surface area contributed by atoms with Gasteiger partial charge in [0.15, 0.2) is 5.36 Å². The van der Waals surface area contributed by atoms with Crippen LogP contribution >= 0.6 is 0 Å². The van der Waals surface area contributed by atoms with Crippen LogP contribution in [0.2, 0.25) is 0 Å². The van der Waals surface area contributed by atoms with Gasteiger partial charge in [0.25, 0.3) is 0 Å². The van der Waals surface area contributed by atoms with Crippen LogP contribution in [0.1, 0.15) is 0 Å². The van der Waals surface area contributed by atoms with Crippen LogP contribution in [0.25, 0.3) is 0 Å². The molecule has 7 heavy (non-hydrogen) atoms. The highest BCUT2D eigenvalue weighted by molar-refractivity contribution is 4.82. The number of hydrogen-bond acceptors (Lipinski definition) is 4. The first kappa shape index (κ1) is 3.98. The second kappa shape index (κ2) is 1.14. The number of rotatable bonds is 0. The summed E-state index contributed by atoms with van der Waals surface area (Å²) in [6.07, 6.45) is 1.20. The average molecular weight is 98.1 g/mol. The molecule has 0 amide bonds. The first-order valence-corrected chi connectivity index (χ1v) is 1.65. The van der Waals surface area contributed by atoms with Crippen molar-refractivity contribution in [2.24, 2.45) is 5.16 Å². The van der Waals surface area contributed by atoms with Crippen LogP contribution in [0.4, 0.5) is 0 Å². The molecule has 0 aliphatic heterocycles. The van der Waals surface area contributed by atoms with Crippen molar-refractivity contribution in [1.29, 1.82) is 0 Å². The number of nitrogens with zero attached hydrogens (tertiary/aromatic N) is 2. The van der Waals surface area contributed by atoms with Gasteiger partial charge in [-0.15, -0.1) is 0 Å². The van der Waals surface area contributed by atoms with Gasteiger partial charge in [0.2, 0.25) is 0 Å². The standard InChI is InChI=1S/C3H2N2O2/c6-3-2(5-7)1-4-3/h1,7H. The van der Waals surface area contributed by atoms with Gasteiger partial charge in [0, 0.05) is 0 Å². The highest BCUT2D eigenvalue weighted by atomic mass is 16.4. The predicted octanol–water partition coefficient (Wildman–Crippen LogP) is -1.39. The molecule has 0 spiro atoms. The van der Waals surface area contributed by atoms with Gasteiger partial charge in [-0.05, 0) is 0 Å². The third kappa shape index (κ3) is 0.395. The average Bonchev–Trinajstić information content (AvgIpc) is 1.65. The molecule has 0 bridgehead atoms. The molecule has 0 aliphatic rings. The molecule has 0 unspecified atom stereocenters. The van der Waals surface area contributed by atoms with Gasteiger partial charge in [-0.25, -0.2) is 4.98 Å². The molecule has 0 fully saturated rings. The van der Waals surface area contributed by atoms with Crippen LogP contribution in [0.3, 0.4) is 0 Å². The van der Waals surface area contributed by atoms with Crippen molar-refractivity contribution in [3.63, 3.8) is 0 Å². The van der Waals surface area contributed by atoms with E-state index in [4.69, 9.17) is 5.21 Å².